The van der Waals surface area contributed by atoms with Gasteiger partial charge in [0.25, 0.3) is 0 Å². The summed E-state index contributed by atoms with van der Waals surface area (Å²) >= 11 is 0. The fourth-order valence-corrected chi connectivity index (χ4v) is 5.29. The molecule has 0 saturated carbocycles. The van der Waals surface area contributed by atoms with Gasteiger partial charge in [-0.3, -0.25) is 4.90 Å². The van der Waals surface area contributed by atoms with Crippen molar-refractivity contribution in [3.63, 3.8) is 0 Å². The van der Waals surface area contributed by atoms with Crippen molar-refractivity contribution in [1.82, 2.24) is 10.2 Å². The maximum atomic E-state index is 15.2. The molecule has 3 saturated heterocycles. The van der Waals surface area contributed by atoms with Gasteiger partial charge in [0.05, 0.1) is 19.8 Å². The van der Waals surface area contributed by atoms with Crippen molar-refractivity contribution >= 4 is 6.09 Å². The largest absolute Gasteiger partial charge is 0.497 e. The molecule has 4 heterocycles. The number of hydrogen-bond donors (Lipinski definition) is 1. The minimum Gasteiger partial charge on any atom is -0.497 e. The van der Waals surface area contributed by atoms with Crippen molar-refractivity contribution in [3.8, 4) is 22.6 Å². The van der Waals surface area contributed by atoms with E-state index >= 15 is 4.39 Å². The van der Waals surface area contributed by atoms with Crippen LogP contribution < -0.4 is 14.8 Å². The Hall–Kier alpha value is -2.80. The molecule has 7 heteroatoms. The first-order valence-corrected chi connectivity index (χ1v) is 11.6. The minimum atomic E-state index is -0.445. The molecule has 4 aliphatic heterocycles. The number of nitrogens with one attached hydrogen (secondary N) is 1. The van der Waals surface area contributed by atoms with Crippen LogP contribution in [0.3, 0.4) is 0 Å². The highest BCUT2D eigenvalue weighted by atomic mass is 19.1. The van der Waals surface area contributed by atoms with E-state index in [9.17, 15) is 4.79 Å². The van der Waals surface area contributed by atoms with Crippen LogP contribution in [0.4, 0.5) is 9.18 Å². The van der Waals surface area contributed by atoms with Gasteiger partial charge in [-0.1, -0.05) is 26.0 Å². The summed E-state index contributed by atoms with van der Waals surface area (Å²) in [6.07, 6.45) is 1.62. The molecule has 1 amide bonds. The van der Waals surface area contributed by atoms with E-state index in [0.29, 0.717) is 35.2 Å². The first-order valence-electron chi connectivity index (χ1n) is 11.6. The molecule has 1 N–H and O–H groups in total. The number of carbonyl (C=O) groups is 1. The summed E-state index contributed by atoms with van der Waals surface area (Å²) in [5, 5.41) is 3.03. The number of halogens is 1. The minimum absolute atomic E-state index is 0.0795. The topological polar surface area (TPSA) is 60.0 Å². The predicted molar refractivity (Wildman–Crippen MR) is 123 cm³/mol. The Labute approximate surface area is 194 Å². The van der Waals surface area contributed by atoms with E-state index in [1.54, 1.807) is 25.3 Å². The molecule has 176 valence electrons. The van der Waals surface area contributed by atoms with Gasteiger partial charge < -0.3 is 19.5 Å². The maximum Gasteiger partial charge on any atom is 0.407 e. The zero-order valence-corrected chi connectivity index (χ0v) is 19.4. The van der Waals surface area contributed by atoms with Gasteiger partial charge in [0.1, 0.15) is 23.4 Å². The molecule has 2 atom stereocenters. The van der Waals surface area contributed by atoms with Crippen molar-refractivity contribution < 1.29 is 23.4 Å². The van der Waals surface area contributed by atoms with E-state index in [1.165, 1.54) is 6.07 Å². The van der Waals surface area contributed by atoms with Crippen LogP contribution in [0.2, 0.25) is 0 Å². The van der Waals surface area contributed by atoms with Crippen molar-refractivity contribution in [3.05, 3.63) is 47.8 Å². The normalized spacial score (nSPS) is 27.3. The van der Waals surface area contributed by atoms with Crippen LogP contribution in [0, 0.1) is 17.2 Å². The Balaban J connectivity index is 1.38. The van der Waals surface area contributed by atoms with Crippen molar-refractivity contribution in [1.29, 1.82) is 0 Å². The summed E-state index contributed by atoms with van der Waals surface area (Å²) in [5.41, 5.74) is 1.39. The number of piperidine rings is 3. The molecule has 2 aromatic carbocycles. The van der Waals surface area contributed by atoms with Gasteiger partial charge in [-0.2, -0.15) is 0 Å². The zero-order chi connectivity index (χ0) is 23.2. The van der Waals surface area contributed by atoms with Crippen LogP contribution in [-0.4, -0.2) is 50.4 Å². The molecule has 4 aliphatic rings. The Bertz CT molecular complexity index is 1030. The van der Waals surface area contributed by atoms with Gasteiger partial charge in [-0.05, 0) is 61.7 Å². The van der Waals surface area contributed by atoms with Crippen molar-refractivity contribution in [2.45, 2.75) is 38.8 Å². The Morgan fingerprint density at radius 1 is 1.18 bits per heavy atom. The van der Waals surface area contributed by atoms with Crippen LogP contribution in [-0.2, 0) is 4.74 Å². The molecule has 6 nitrogen and oxygen atoms in total. The molecule has 1 unspecified atom stereocenters. The maximum absolute atomic E-state index is 15.2. The molecular weight excluding hydrogens is 423 g/mol. The fourth-order valence-electron chi connectivity index (χ4n) is 5.29. The average Bonchev–Trinajstić information content (AvgIpc) is 2.82. The quantitative estimate of drug-likeness (QED) is 0.721. The van der Waals surface area contributed by atoms with Gasteiger partial charge in [0, 0.05) is 23.1 Å². The fraction of sp³-hybridized carbons (Fsp3) is 0.500. The molecule has 0 spiro atoms. The summed E-state index contributed by atoms with van der Waals surface area (Å²) in [5.74, 6) is 1.36. The van der Waals surface area contributed by atoms with Crippen LogP contribution in [0.15, 0.2) is 36.4 Å². The molecular formula is C26H31FN2O4. The number of methoxy groups -OCH3 is 1. The van der Waals surface area contributed by atoms with E-state index in [-0.39, 0.29) is 11.9 Å². The van der Waals surface area contributed by atoms with E-state index < -0.39 is 17.6 Å². The van der Waals surface area contributed by atoms with Gasteiger partial charge in [-0.25, -0.2) is 9.18 Å². The third-order valence-corrected chi connectivity index (χ3v) is 7.31. The lowest BCUT2D eigenvalue weighted by atomic mass is 9.78. The Morgan fingerprint density at radius 3 is 2.55 bits per heavy atom. The highest BCUT2D eigenvalue weighted by Crippen LogP contribution is 2.45. The van der Waals surface area contributed by atoms with E-state index in [2.05, 4.69) is 10.2 Å². The number of rotatable bonds is 4. The van der Waals surface area contributed by atoms with E-state index in [1.807, 2.05) is 26.0 Å². The lowest BCUT2D eigenvalue weighted by Gasteiger charge is -2.44. The van der Waals surface area contributed by atoms with Crippen LogP contribution in [0.5, 0.6) is 11.5 Å². The summed E-state index contributed by atoms with van der Waals surface area (Å²) < 4.78 is 32.3. The number of carbonyl (C=O) groups excluding carboxylic acids is 1. The number of alkyl carbamates (subject to hydrolysis) is 1. The molecule has 0 aromatic heterocycles. The summed E-state index contributed by atoms with van der Waals surface area (Å²) in [6.45, 7) is 7.38. The van der Waals surface area contributed by atoms with Gasteiger partial charge in [-0.15, -0.1) is 0 Å². The van der Waals surface area contributed by atoms with Crippen LogP contribution in [0.1, 0.15) is 38.3 Å². The Morgan fingerprint density at radius 2 is 1.91 bits per heavy atom. The number of hydrogen-bond acceptors (Lipinski definition) is 5. The standard InChI is InChI=1S/C26H31FN2O4/c1-26(2)15-32-22-13-19(16-4-6-18(31-3)7-5-16)21(27)12-20(22)24(26)28-25(30)33-23-14-29-10-8-17(23)9-11-29/h4-7,12-13,17,23-24H,8-11,14-15H2,1-3H3,(H,28,30)/t23-,24?/m0/s1. The van der Waals surface area contributed by atoms with Gasteiger partial charge in [0.2, 0.25) is 0 Å². The van der Waals surface area contributed by atoms with E-state index in [4.69, 9.17) is 14.2 Å². The number of ether oxygens (including phenoxy) is 3. The van der Waals surface area contributed by atoms with Crippen LogP contribution >= 0.6 is 0 Å². The lowest BCUT2D eigenvalue weighted by molar-refractivity contribution is -0.0361. The first-order chi connectivity index (χ1) is 15.8. The number of nitrogens with zero attached hydrogens (tertiary/aromatic N) is 1. The van der Waals surface area contributed by atoms with Gasteiger partial charge >= 0.3 is 6.09 Å². The van der Waals surface area contributed by atoms with Crippen LogP contribution in [0.25, 0.3) is 11.1 Å². The summed E-state index contributed by atoms with van der Waals surface area (Å²) in [6, 6.07) is 10.0. The van der Waals surface area contributed by atoms with Crippen molar-refractivity contribution in [2.24, 2.45) is 11.3 Å². The van der Waals surface area contributed by atoms with Gasteiger partial charge in [0.15, 0.2) is 0 Å². The zero-order valence-electron chi connectivity index (χ0n) is 19.4. The molecule has 6 rings (SSSR count). The first kappa shape index (κ1) is 22.0. The predicted octanol–water partition coefficient (Wildman–Crippen LogP) is 4.78. The molecule has 33 heavy (non-hydrogen) atoms. The molecule has 0 aliphatic carbocycles. The second kappa shape index (κ2) is 8.52. The third-order valence-electron chi connectivity index (χ3n) is 7.31. The van der Waals surface area contributed by atoms with Crippen molar-refractivity contribution in [2.75, 3.05) is 33.4 Å². The number of benzene rings is 2. The highest BCUT2D eigenvalue weighted by Gasteiger charge is 2.41. The number of amides is 1. The smallest absolute Gasteiger partial charge is 0.407 e. The number of fused-ring (bicyclic) bond motifs is 4. The molecule has 3 fully saturated rings. The average molecular weight is 455 g/mol. The highest BCUT2D eigenvalue weighted by molar-refractivity contribution is 5.71. The second-order valence-corrected chi connectivity index (χ2v) is 10.0. The monoisotopic (exact) mass is 454 g/mol. The van der Waals surface area contributed by atoms with E-state index in [0.717, 1.165) is 38.0 Å². The Kier molecular flexibility index (Phi) is 5.69. The SMILES string of the molecule is COc1ccc(-c2cc3c(cc2F)C(NC(=O)O[C@H]2CN4CCC2CC4)C(C)(C)CO3)cc1. The summed E-state index contributed by atoms with van der Waals surface area (Å²) in [4.78, 5) is 15.2. The summed E-state index contributed by atoms with van der Waals surface area (Å²) in [7, 11) is 1.60. The molecule has 0 radical (unpaired) electrons. The third kappa shape index (κ3) is 4.26. The lowest BCUT2D eigenvalue weighted by Crippen LogP contribution is -2.53. The molecule has 2 bridgehead atoms. The second-order valence-electron chi connectivity index (χ2n) is 10.0. The molecule has 2 aromatic rings.